The number of halogens is 2. The van der Waals surface area contributed by atoms with Crippen molar-refractivity contribution in [3.63, 3.8) is 0 Å². The molecular formula is C18H24F2N3O+. The minimum atomic E-state index is -1.000. The van der Waals surface area contributed by atoms with Gasteiger partial charge in [-0.05, 0) is 37.0 Å². The number of hydrogen-bond acceptors (Lipinski definition) is 3. The minimum absolute atomic E-state index is 0.106. The molecule has 0 aromatic heterocycles. The molecule has 1 aromatic rings. The molecule has 2 aliphatic rings. The number of rotatable bonds is 6. The molecule has 1 aliphatic carbocycles. The Hall–Kier alpha value is -1.79. The van der Waals surface area contributed by atoms with Gasteiger partial charge in [-0.2, -0.15) is 0 Å². The van der Waals surface area contributed by atoms with Crippen molar-refractivity contribution < 1.29 is 19.2 Å². The third-order valence-corrected chi connectivity index (χ3v) is 4.78. The molecule has 0 saturated carbocycles. The van der Waals surface area contributed by atoms with Crippen LogP contribution in [-0.4, -0.2) is 17.7 Å². The fourth-order valence-electron chi connectivity index (χ4n) is 3.32. The number of quaternary nitrogens is 1. The lowest BCUT2D eigenvalue weighted by Gasteiger charge is -2.27. The summed E-state index contributed by atoms with van der Waals surface area (Å²) in [6.07, 6.45) is 5.51. The van der Waals surface area contributed by atoms with E-state index in [2.05, 4.69) is 10.3 Å². The van der Waals surface area contributed by atoms with Gasteiger partial charge in [-0.15, -0.1) is 0 Å². The Morgan fingerprint density at radius 3 is 2.83 bits per heavy atom. The number of aryl methyl sites for hydroxylation is 1. The highest BCUT2D eigenvalue weighted by molar-refractivity contribution is 5.51. The summed E-state index contributed by atoms with van der Waals surface area (Å²) in [4.78, 5) is 4.28. The quantitative estimate of drug-likeness (QED) is 0.700. The molecule has 0 radical (unpaired) electrons. The third-order valence-electron chi connectivity index (χ3n) is 4.78. The Morgan fingerprint density at radius 1 is 1.38 bits per heavy atom. The van der Waals surface area contributed by atoms with Crippen molar-refractivity contribution in [3.05, 3.63) is 40.7 Å². The molecule has 3 rings (SSSR count). The van der Waals surface area contributed by atoms with Gasteiger partial charge in [0.15, 0.2) is 6.34 Å². The number of nitrogens with two attached hydrogens (primary N) is 1. The Labute approximate surface area is 140 Å². The van der Waals surface area contributed by atoms with Gasteiger partial charge in [-0.1, -0.05) is 13.3 Å². The zero-order valence-electron chi connectivity index (χ0n) is 13.9. The topological polar surface area (TPSA) is 61.2 Å². The van der Waals surface area contributed by atoms with Crippen LogP contribution < -0.4 is 10.6 Å². The summed E-state index contributed by atoms with van der Waals surface area (Å²) in [5.41, 5.74) is 2.58. The van der Waals surface area contributed by atoms with Gasteiger partial charge in [0, 0.05) is 18.8 Å². The van der Waals surface area contributed by atoms with Gasteiger partial charge in [0.05, 0.1) is 0 Å². The molecule has 2 atom stereocenters. The monoisotopic (exact) mass is 336 g/mol. The summed E-state index contributed by atoms with van der Waals surface area (Å²) in [5.74, 6) is -1.41. The van der Waals surface area contributed by atoms with Crippen LogP contribution in [0.15, 0.2) is 28.5 Å². The predicted molar refractivity (Wildman–Crippen MR) is 89.4 cm³/mol. The molecule has 6 heteroatoms. The van der Waals surface area contributed by atoms with E-state index in [9.17, 15) is 13.9 Å². The predicted octanol–water partition coefficient (Wildman–Crippen LogP) is 2.65. The molecular weight excluding hydrogens is 312 g/mol. The fourth-order valence-corrected chi connectivity index (χ4v) is 3.32. The maximum Gasteiger partial charge on any atom is 0.191 e. The SMILES string of the molecule is CCCCc1cc(F)c(NC(O)C2CCC3=C(C2)N=C[NH2+]3)c(F)c1. The molecule has 0 bridgehead atoms. The van der Waals surface area contributed by atoms with E-state index in [1.54, 1.807) is 6.34 Å². The second-order valence-corrected chi connectivity index (χ2v) is 6.55. The highest BCUT2D eigenvalue weighted by Crippen LogP contribution is 2.32. The molecule has 0 saturated heterocycles. The van der Waals surface area contributed by atoms with E-state index in [1.807, 2.05) is 12.2 Å². The number of aliphatic imine (C=N–C) groups is 1. The van der Waals surface area contributed by atoms with Gasteiger partial charge in [0.2, 0.25) is 0 Å². The van der Waals surface area contributed by atoms with E-state index in [0.29, 0.717) is 18.4 Å². The highest BCUT2D eigenvalue weighted by atomic mass is 19.1. The van der Waals surface area contributed by atoms with Crippen LogP contribution in [0.4, 0.5) is 14.5 Å². The Morgan fingerprint density at radius 2 is 2.12 bits per heavy atom. The van der Waals surface area contributed by atoms with E-state index in [1.165, 1.54) is 17.8 Å². The van der Waals surface area contributed by atoms with Crippen LogP contribution in [0.5, 0.6) is 0 Å². The van der Waals surface area contributed by atoms with Crippen LogP contribution in [0, 0.1) is 17.6 Å². The molecule has 1 aromatic carbocycles. The molecule has 0 spiro atoms. The van der Waals surface area contributed by atoms with Crippen LogP contribution in [0.1, 0.15) is 44.6 Å². The maximum atomic E-state index is 14.2. The number of allylic oxidation sites excluding steroid dienone is 2. The van der Waals surface area contributed by atoms with E-state index < -0.39 is 17.9 Å². The maximum absolute atomic E-state index is 14.2. The van der Waals surface area contributed by atoms with Crippen molar-refractivity contribution >= 4 is 12.0 Å². The summed E-state index contributed by atoms with van der Waals surface area (Å²) >= 11 is 0. The number of aliphatic hydroxyl groups is 1. The molecule has 0 amide bonds. The third kappa shape index (κ3) is 3.65. The van der Waals surface area contributed by atoms with Crippen molar-refractivity contribution in [1.82, 2.24) is 0 Å². The second-order valence-electron chi connectivity index (χ2n) is 6.55. The number of aliphatic hydroxyl groups excluding tert-OH is 1. The van der Waals surface area contributed by atoms with Gasteiger partial charge in [0.25, 0.3) is 0 Å². The Balaban J connectivity index is 1.68. The zero-order chi connectivity index (χ0) is 17.1. The number of nitrogens with one attached hydrogen (secondary N) is 1. The summed E-state index contributed by atoms with van der Waals surface area (Å²) in [6.45, 7) is 2.04. The first-order chi connectivity index (χ1) is 11.6. The summed E-state index contributed by atoms with van der Waals surface area (Å²) in [5, 5.41) is 15.0. The number of anilines is 1. The molecule has 4 N–H and O–H groups in total. The molecule has 24 heavy (non-hydrogen) atoms. The van der Waals surface area contributed by atoms with Crippen molar-refractivity contribution in [1.29, 1.82) is 0 Å². The van der Waals surface area contributed by atoms with Gasteiger partial charge in [-0.25, -0.2) is 13.8 Å². The smallest absolute Gasteiger partial charge is 0.191 e. The second kappa shape index (κ2) is 7.40. The van der Waals surface area contributed by atoms with Crippen LogP contribution in [-0.2, 0) is 6.42 Å². The first-order valence-electron chi connectivity index (χ1n) is 8.60. The lowest BCUT2D eigenvalue weighted by atomic mass is 9.89. The lowest BCUT2D eigenvalue weighted by Crippen LogP contribution is -2.79. The number of benzene rings is 1. The van der Waals surface area contributed by atoms with Gasteiger partial charge >= 0.3 is 0 Å². The van der Waals surface area contributed by atoms with Crippen molar-refractivity contribution in [2.45, 2.75) is 51.7 Å². The van der Waals surface area contributed by atoms with Gasteiger partial charge < -0.3 is 10.4 Å². The highest BCUT2D eigenvalue weighted by Gasteiger charge is 2.31. The van der Waals surface area contributed by atoms with E-state index in [-0.39, 0.29) is 11.6 Å². The first-order valence-corrected chi connectivity index (χ1v) is 8.60. The average Bonchev–Trinajstić information content (AvgIpc) is 3.03. The molecule has 1 aliphatic heterocycles. The standard InChI is InChI=1S/C18H23F2N3O/c1-2-3-4-11-7-13(19)17(14(20)8-11)23-18(24)12-5-6-15-16(9-12)22-10-21-15/h7-8,10,12,18,23-24H,2-6,9H2,1H3,(H,21,22)/p+1. The van der Waals surface area contributed by atoms with E-state index in [4.69, 9.17) is 0 Å². The number of hydrogen-bond donors (Lipinski definition) is 3. The molecule has 0 fully saturated rings. The van der Waals surface area contributed by atoms with Crippen molar-refractivity contribution in [2.24, 2.45) is 10.9 Å². The van der Waals surface area contributed by atoms with Crippen molar-refractivity contribution in [2.75, 3.05) is 5.32 Å². The molecule has 1 heterocycles. The summed E-state index contributed by atoms with van der Waals surface area (Å²) in [6, 6.07) is 2.71. The largest absolute Gasteiger partial charge is 0.374 e. The number of nitrogens with zero attached hydrogens (tertiary/aromatic N) is 1. The minimum Gasteiger partial charge on any atom is -0.374 e. The average molecular weight is 336 g/mol. The Bertz CT molecular complexity index is 649. The lowest BCUT2D eigenvalue weighted by molar-refractivity contribution is -0.474. The number of unbranched alkanes of at least 4 members (excludes halogenated alkanes) is 1. The van der Waals surface area contributed by atoms with E-state index >= 15 is 0 Å². The van der Waals surface area contributed by atoms with E-state index in [0.717, 1.165) is 31.4 Å². The first kappa shape index (κ1) is 17.0. The molecule has 130 valence electrons. The normalized spacial score (nSPS) is 21.1. The van der Waals surface area contributed by atoms with Gasteiger partial charge in [-0.3, -0.25) is 5.32 Å². The van der Waals surface area contributed by atoms with Gasteiger partial charge in [0.1, 0.15) is 34.9 Å². The molecule has 2 unspecified atom stereocenters. The summed E-state index contributed by atoms with van der Waals surface area (Å²) in [7, 11) is 0. The van der Waals surface area contributed by atoms with Crippen molar-refractivity contribution in [3.8, 4) is 0 Å². The zero-order valence-corrected chi connectivity index (χ0v) is 13.9. The van der Waals surface area contributed by atoms with Crippen LogP contribution >= 0.6 is 0 Å². The Kier molecular flexibility index (Phi) is 5.26. The van der Waals surface area contributed by atoms with Crippen LogP contribution in [0.2, 0.25) is 0 Å². The molecule has 4 nitrogen and oxygen atoms in total. The van der Waals surface area contributed by atoms with Crippen LogP contribution in [0.25, 0.3) is 0 Å². The van der Waals surface area contributed by atoms with Crippen LogP contribution in [0.3, 0.4) is 0 Å². The fraction of sp³-hybridized carbons (Fsp3) is 0.500. The summed E-state index contributed by atoms with van der Waals surface area (Å²) < 4.78 is 28.5.